The van der Waals surface area contributed by atoms with Crippen LogP contribution >= 0.6 is 15.9 Å². The van der Waals surface area contributed by atoms with Gasteiger partial charge in [-0.25, -0.2) is 4.79 Å². The highest BCUT2D eigenvalue weighted by molar-refractivity contribution is 9.10. The predicted octanol–water partition coefficient (Wildman–Crippen LogP) is 4.09. The van der Waals surface area contributed by atoms with Gasteiger partial charge in [-0.3, -0.25) is 4.68 Å². The summed E-state index contributed by atoms with van der Waals surface area (Å²) in [5, 5.41) is 5.50. The minimum absolute atomic E-state index is 0.309. The van der Waals surface area contributed by atoms with Crippen LogP contribution in [0.5, 0.6) is 0 Å². The largest absolute Gasteiger partial charge is 0.464 e. The number of benzene rings is 1. The summed E-state index contributed by atoms with van der Waals surface area (Å²) in [5.74, 6) is -0.309. The van der Waals surface area contributed by atoms with Gasteiger partial charge in [0.25, 0.3) is 0 Å². The topological polar surface area (TPSA) is 44.1 Å². The molecule has 0 amide bonds. The molecule has 0 N–H and O–H groups in total. The summed E-state index contributed by atoms with van der Waals surface area (Å²) in [6.45, 7) is 0. The lowest BCUT2D eigenvalue weighted by Crippen LogP contribution is -2.19. The maximum absolute atomic E-state index is 12.2. The Hall–Kier alpha value is -1.36. The molecule has 106 valence electrons. The number of ether oxygens (including phenoxy) is 1. The van der Waals surface area contributed by atoms with Crippen LogP contribution < -0.4 is 0 Å². The summed E-state index contributed by atoms with van der Waals surface area (Å²) in [7, 11) is 1.42. The molecule has 20 heavy (non-hydrogen) atoms. The van der Waals surface area contributed by atoms with Crippen molar-refractivity contribution in [2.45, 2.75) is 38.1 Å². The van der Waals surface area contributed by atoms with Crippen LogP contribution in [0, 0.1) is 0 Å². The highest BCUT2D eigenvalue weighted by Crippen LogP contribution is 2.32. The van der Waals surface area contributed by atoms with Gasteiger partial charge in [0, 0.05) is 9.86 Å². The molecule has 1 aromatic heterocycles. The van der Waals surface area contributed by atoms with Crippen LogP contribution in [0.4, 0.5) is 0 Å². The zero-order chi connectivity index (χ0) is 14.1. The van der Waals surface area contributed by atoms with Crippen molar-refractivity contribution in [3.05, 3.63) is 28.4 Å². The van der Waals surface area contributed by atoms with E-state index < -0.39 is 0 Å². The summed E-state index contributed by atoms with van der Waals surface area (Å²) in [5.41, 5.74) is 1.43. The van der Waals surface area contributed by atoms with Gasteiger partial charge in [0.05, 0.1) is 18.7 Å². The number of fused-ring (bicyclic) bond motifs is 1. The van der Waals surface area contributed by atoms with E-state index in [2.05, 4.69) is 21.0 Å². The van der Waals surface area contributed by atoms with Gasteiger partial charge in [-0.2, -0.15) is 5.10 Å². The Kier molecular flexibility index (Phi) is 3.78. The molecule has 0 unspecified atom stereocenters. The number of methoxy groups -OCH3 is 1. The third kappa shape index (κ3) is 2.35. The average molecular weight is 337 g/mol. The third-order valence-corrected chi connectivity index (χ3v) is 4.45. The molecule has 3 rings (SSSR count). The van der Waals surface area contributed by atoms with E-state index in [4.69, 9.17) is 4.74 Å². The molecule has 0 aliphatic heterocycles. The first-order chi connectivity index (χ1) is 9.70. The zero-order valence-electron chi connectivity index (χ0n) is 11.4. The van der Waals surface area contributed by atoms with Crippen LogP contribution in [-0.2, 0) is 4.74 Å². The number of esters is 1. The molecule has 5 heteroatoms. The summed E-state index contributed by atoms with van der Waals surface area (Å²) >= 11 is 3.45. The van der Waals surface area contributed by atoms with E-state index in [-0.39, 0.29) is 5.97 Å². The van der Waals surface area contributed by atoms with Gasteiger partial charge in [-0.1, -0.05) is 35.2 Å². The van der Waals surface area contributed by atoms with Crippen molar-refractivity contribution in [3.8, 4) is 0 Å². The van der Waals surface area contributed by atoms with E-state index >= 15 is 0 Å². The number of rotatable bonds is 2. The van der Waals surface area contributed by atoms with Gasteiger partial charge in [0.2, 0.25) is 0 Å². The highest BCUT2D eigenvalue weighted by Gasteiger charge is 2.25. The molecule has 1 saturated carbocycles. The van der Waals surface area contributed by atoms with Gasteiger partial charge < -0.3 is 4.74 Å². The van der Waals surface area contributed by atoms with E-state index in [0.717, 1.165) is 28.2 Å². The fourth-order valence-corrected chi connectivity index (χ4v) is 3.33. The monoisotopic (exact) mass is 336 g/mol. The lowest BCUT2D eigenvalue weighted by atomic mass is 9.95. The summed E-state index contributed by atoms with van der Waals surface area (Å²) in [4.78, 5) is 12.2. The molecule has 0 atom stereocenters. The lowest BCUT2D eigenvalue weighted by molar-refractivity contribution is 0.0583. The fraction of sp³-hybridized carbons (Fsp3) is 0.467. The quantitative estimate of drug-likeness (QED) is 0.776. The molecule has 1 aromatic carbocycles. The molecule has 4 nitrogen and oxygen atoms in total. The summed E-state index contributed by atoms with van der Waals surface area (Å²) in [6.07, 6.45) is 5.84. The van der Waals surface area contributed by atoms with E-state index in [1.165, 1.54) is 26.4 Å². The van der Waals surface area contributed by atoms with Gasteiger partial charge >= 0.3 is 5.97 Å². The van der Waals surface area contributed by atoms with Crippen LogP contribution in [0.25, 0.3) is 10.9 Å². The highest BCUT2D eigenvalue weighted by atomic mass is 79.9. The Morgan fingerprint density at radius 3 is 2.80 bits per heavy atom. The molecule has 1 aliphatic rings. The number of hydrogen-bond acceptors (Lipinski definition) is 3. The van der Waals surface area contributed by atoms with Gasteiger partial charge in [0.15, 0.2) is 5.69 Å². The second-order valence-corrected chi connectivity index (χ2v) is 6.15. The van der Waals surface area contributed by atoms with Crippen LogP contribution in [0.3, 0.4) is 0 Å². The average Bonchev–Trinajstić information content (AvgIpc) is 2.86. The smallest absolute Gasteiger partial charge is 0.356 e. The molecule has 1 fully saturated rings. The van der Waals surface area contributed by atoms with Crippen molar-refractivity contribution < 1.29 is 9.53 Å². The Morgan fingerprint density at radius 1 is 1.35 bits per heavy atom. The second-order valence-electron chi connectivity index (χ2n) is 5.24. The minimum atomic E-state index is -0.309. The number of nitrogens with zero attached hydrogens (tertiary/aromatic N) is 2. The van der Waals surface area contributed by atoms with Gasteiger partial charge in [0.1, 0.15) is 0 Å². The first-order valence-corrected chi connectivity index (χ1v) is 7.76. The molecular weight excluding hydrogens is 320 g/mol. The summed E-state index contributed by atoms with van der Waals surface area (Å²) in [6, 6.07) is 6.13. The number of aromatic nitrogens is 2. The van der Waals surface area contributed by atoms with Crippen molar-refractivity contribution in [2.24, 2.45) is 0 Å². The third-order valence-electron chi connectivity index (χ3n) is 3.96. The van der Waals surface area contributed by atoms with E-state index in [1.807, 2.05) is 22.9 Å². The van der Waals surface area contributed by atoms with Crippen LogP contribution in [-0.4, -0.2) is 22.9 Å². The zero-order valence-corrected chi connectivity index (χ0v) is 13.0. The molecule has 1 heterocycles. The molecule has 0 spiro atoms. The SMILES string of the molecule is COC(=O)c1c2cc(Br)ccc2nn1C1CCCCC1. The first kappa shape index (κ1) is 13.6. The minimum Gasteiger partial charge on any atom is -0.464 e. The predicted molar refractivity (Wildman–Crippen MR) is 80.9 cm³/mol. The lowest BCUT2D eigenvalue weighted by Gasteiger charge is -2.23. The number of carbonyl (C=O) groups excluding carboxylic acids is 1. The molecule has 0 radical (unpaired) electrons. The Labute approximate surface area is 126 Å². The first-order valence-electron chi connectivity index (χ1n) is 6.97. The molecule has 1 aliphatic carbocycles. The second kappa shape index (κ2) is 5.56. The number of hydrogen-bond donors (Lipinski definition) is 0. The van der Waals surface area contributed by atoms with Crippen molar-refractivity contribution >= 4 is 32.8 Å². The molecule has 2 aromatic rings. The maximum atomic E-state index is 12.2. The molecule has 0 bridgehead atoms. The number of carbonyl (C=O) groups is 1. The van der Waals surface area contributed by atoms with E-state index in [0.29, 0.717) is 11.7 Å². The Balaban J connectivity index is 2.16. The van der Waals surface area contributed by atoms with Crippen molar-refractivity contribution in [1.82, 2.24) is 9.78 Å². The van der Waals surface area contributed by atoms with Crippen molar-refractivity contribution in [2.75, 3.05) is 7.11 Å². The molecule has 0 saturated heterocycles. The van der Waals surface area contributed by atoms with Crippen molar-refractivity contribution in [3.63, 3.8) is 0 Å². The van der Waals surface area contributed by atoms with Gasteiger partial charge in [-0.15, -0.1) is 0 Å². The van der Waals surface area contributed by atoms with Crippen LogP contribution in [0.1, 0.15) is 48.6 Å². The number of halogens is 1. The molecular formula is C15H17BrN2O2. The van der Waals surface area contributed by atoms with E-state index in [1.54, 1.807) is 0 Å². The maximum Gasteiger partial charge on any atom is 0.356 e. The summed E-state index contributed by atoms with van der Waals surface area (Å²) < 4.78 is 7.79. The standard InChI is InChI=1S/C15H17BrN2O2/c1-20-15(19)14-12-9-10(16)7-8-13(12)17-18(14)11-5-3-2-4-6-11/h7-9,11H,2-6H2,1H3. The normalized spacial score (nSPS) is 16.5. The Morgan fingerprint density at radius 2 is 2.10 bits per heavy atom. The van der Waals surface area contributed by atoms with E-state index in [9.17, 15) is 4.79 Å². The fourth-order valence-electron chi connectivity index (χ4n) is 2.96. The Bertz CT molecular complexity index is 645. The van der Waals surface area contributed by atoms with Gasteiger partial charge in [-0.05, 0) is 31.0 Å². The van der Waals surface area contributed by atoms with Crippen molar-refractivity contribution in [1.29, 1.82) is 0 Å². The van der Waals surface area contributed by atoms with Crippen LogP contribution in [0.2, 0.25) is 0 Å². The van der Waals surface area contributed by atoms with Crippen LogP contribution in [0.15, 0.2) is 22.7 Å².